The molecule has 1 aliphatic heterocycles. The topological polar surface area (TPSA) is 32.7 Å². The molecular formula is C14H18BrNO2. The Morgan fingerprint density at radius 1 is 1.39 bits per heavy atom. The van der Waals surface area contributed by atoms with Gasteiger partial charge in [-0.2, -0.15) is 0 Å². The van der Waals surface area contributed by atoms with Crippen molar-refractivity contribution < 1.29 is 9.84 Å². The van der Waals surface area contributed by atoms with Gasteiger partial charge in [-0.3, -0.25) is 4.90 Å². The molecule has 0 amide bonds. The quantitative estimate of drug-likeness (QED) is 0.905. The third-order valence-corrected chi connectivity index (χ3v) is 4.15. The van der Waals surface area contributed by atoms with Crippen LogP contribution < -0.4 is 4.74 Å². The van der Waals surface area contributed by atoms with Gasteiger partial charge in [-0.1, -0.05) is 15.9 Å². The van der Waals surface area contributed by atoms with E-state index in [1.807, 2.05) is 12.1 Å². The lowest BCUT2D eigenvalue weighted by atomic mass is 10.1. The number of hydrogen-bond donors (Lipinski definition) is 1. The molecule has 1 unspecified atom stereocenters. The minimum Gasteiger partial charge on any atom is -0.488 e. The fraction of sp³-hybridized carbons (Fsp3) is 0.571. The fourth-order valence-electron chi connectivity index (χ4n) is 2.64. The highest BCUT2D eigenvalue weighted by Crippen LogP contribution is 2.33. The number of halogens is 1. The number of aliphatic hydroxyl groups is 1. The maximum Gasteiger partial charge on any atom is 0.123 e. The van der Waals surface area contributed by atoms with Gasteiger partial charge in [0.1, 0.15) is 11.9 Å². The first kappa shape index (κ1) is 12.5. The van der Waals surface area contributed by atoms with Crippen molar-refractivity contribution in [2.24, 2.45) is 0 Å². The minimum absolute atomic E-state index is 0.237. The number of nitrogens with zero attached hydrogens (tertiary/aromatic N) is 1. The zero-order chi connectivity index (χ0) is 12.5. The number of rotatable bonds is 5. The minimum atomic E-state index is 0.237. The van der Waals surface area contributed by atoms with E-state index in [0.29, 0.717) is 6.04 Å². The summed E-state index contributed by atoms with van der Waals surface area (Å²) in [5.74, 6) is 1.02. The summed E-state index contributed by atoms with van der Waals surface area (Å²) in [6, 6.07) is 6.87. The second kappa shape index (κ2) is 5.19. The Labute approximate surface area is 116 Å². The first-order valence-electron chi connectivity index (χ1n) is 6.56. The summed E-state index contributed by atoms with van der Waals surface area (Å²) in [6.07, 6.45) is 3.75. The van der Waals surface area contributed by atoms with Gasteiger partial charge in [0.05, 0.1) is 6.61 Å². The molecule has 0 spiro atoms. The molecule has 2 aliphatic rings. The van der Waals surface area contributed by atoms with Crippen molar-refractivity contribution in [1.82, 2.24) is 4.90 Å². The first-order chi connectivity index (χ1) is 8.76. The van der Waals surface area contributed by atoms with E-state index in [0.717, 1.165) is 29.7 Å². The average molecular weight is 312 g/mol. The maximum atomic E-state index is 9.11. The normalized spacial score (nSPS) is 22.1. The molecule has 3 rings (SSSR count). The molecule has 1 atom stereocenters. The van der Waals surface area contributed by atoms with Crippen LogP contribution in [0, 0.1) is 0 Å². The molecule has 4 heteroatoms. The van der Waals surface area contributed by atoms with E-state index >= 15 is 0 Å². The first-order valence-corrected chi connectivity index (χ1v) is 7.35. The molecule has 1 fully saturated rings. The molecule has 1 N–H and O–H groups in total. The van der Waals surface area contributed by atoms with Crippen molar-refractivity contribution in [2.75, 3.05) is 19.7 Å². The van der Waals surface area contributed by atoms with Gasteiger partial charge in [0.25, 0.3) is 0 Å². The van der Waals surface area contributed by atoms with Crippen LogP contribution in [0.2, 0.25) is 0 Å². The number of benzene rings is 1. The summed E-state index contributed by atoms with van der Waals surface area (Å²) in [5, 5.41) is 9.11. The van der Waals surface area contributed by atoms with Gasteiger partial charge in [0.15, 0.2) is 0 Å². The molecule has 0 saturated heterocycles. The van der Waals surface area contributed by atoms with Gasteiger partial charge in [0, 0.05) is 30.0 Å². The molecule has 1 saturated carbocycles. The van der Waals surface area contributed by atoms with E-state index in [9.17, 15) is 0 Å². The van der Waals surface area contributed by atoms with Crippen LogP contribution in [0.5, 0.6) is 5.75 Å². The lowest BCUT2D eigenvalue weighted by Crippen LogP contribution is -2.38. The van der Waals surface area contributed by atoms with Gasteiger partial charge in [-0.25, -0.2) is 0 Å². The summed E-state index contributed by atoms with van der Waals surface area (Å²) in [6.45, 7) is 1.93. The largest absolute Gasteiger partial charge is 0.488 e. The number of aliphatic hydroxyl groups excluding tert-OH is 1. The van der Waals surface area contributed by atoms with E-state index in [4.69, 9.17) is 9.84 Å². The number of ether oxygens (including phenoxy) is 1. The van der Waals surface area contributed by atoms with E-state index < -0.39 is 0 Å². The fourth-order valence-corrected chi connectivity index (χ4v) is 3.05. The molecule has 3 nitrogen and oxygen atoms in total. The number of hydrogen-bond acceptors (Lipinski definition) is 3. The smallest absolute Gasteiger partial charge is 0.123 e. The van der Waals surface area contributed by atoms with Crippen molar-refractivity contribution in [3.8, 4) is 5.75 Å². The van der Waals surface area contributed by atoms with E-state index in [2.05, 4.69) is 26.9 Å². The van der Waals surface area contributed by atoms with Crippen molar-refractivity contribution in [1.29, 1.82) is 0 Å². The van der Waals surface area contributed by atoms with E-state index in [-0.39, 0.29) is 12.7 Å². The van der Waals surface area contributed by atoms with E-state index in [1.54, 1.807) is 0 Å². The summed E-state index contributed by atoms with van der Waals surface area (Å²) in [7, 11) is 0. The third kappa shape index (κ3) is 2.71. The lowest BCUT2D eigenvalue weighted by molar-refractivity contribution is 0.124. The predicted octanol–water partition coefficient (Wildman–Crippen LogP) is 2.21. The van der Waals surface area contributed by atoms with Gasteiger partial charge >= 0.3 is 0 Å². The molecule has 1 aromatic carbocycles. The average Bonchev–Trinajstić information content (AvgIpc) is 3.10. The molecular weight excluding hydrogens is 294 g/mol. The zero-order valence-corrected chi connectivity index (χ0v) is 11.9. The Morgan fingerprint density at radius 3 is 2.94 bits per heavy atom. The molecule has 18 heavy (non-hydrogen) atoms. The highest BCUT2D eigenvalue weighted by Gasteiger charge is 2.32. The van der Waals surface area contributed by atoms with Gasteiger partial charge < -0.3 is 9.84 Å². The molecule has 1 heterocycles. The van der Waals surface area contributed by atoms with Gasteiger partial charge in [0.2, 0.25) is 0 Å². The van der Waals surface area contributed by atoms with Crippen molar-refractivity contribution in [3.05, 3.63) is 28.2 Å². The van der Waals surface area contributed by atoms with Crippen molar-refractivity contribution >= 4 is 15.9 Å². The van der Waals surface area contributed by atoms with Crippen LogP contribution in [0.1, 0.15) is 18.4 Å². The Bertz CT molecular complexity index is 434. The van der Waals surface area contributed by atoms with Crippen molar-refractivity contribution in [2.45, 2.75) is 31.4 Å². The van der Waals surface area contributed by atoms with Crippen LogP contribution in [-0.2, 0) is 6.42 Å². The standard InChI is InChI=1S/C14H18BrNO2/c15-11-1-4-14-10(7-11)8-13(18-14)9-16(5-6-17)12-2-3-12/h1,4,7,12-13,17H,2-3,5-6,8-9H2. The molecule has 1 aromatic rings. The highest BCUT2D eigenvalue weighted by atomic mass is 79.9. The third-order valence-electron chi connectivity index (χ3n) is 3.65. The van der Waals surface area contributed by atoms with E-state index in [1.165, 1.54) is 18.4 Å². The maximum absolute atomic E-state index is 9.11. The number of fused-ring (bicyclic) bond motifs is 1. The zero-order valence-electron chi connectivity index (χ0n) is 10.3. The summed E-state index contributed by atoms with van der Waals surface area (Å²) >= 11 is 3.49. The summed E-state index contributed by atoms with van der Waals surface area (Å²) < 4.78 is 7.08. The molecule has 98 valence electrons. The molecule has 0 aromatic heterocycles. The molecule has 0 bridgehead atoms. The Morgan fingerprint density at radius 2 is 2.22 bits per heavy atom. The van der Waals surface area contributed by atoms with Crippen LogP contribution in [-0.4, -0.2) is 41.8 Å². The molecule has 1 aliphatic carbocycles. The van der Waals surface area contributed by atoms with Crippen LogP contribution in [0.3, 0.4) is 0 Å². The Kier molecular flexibility index (Phi) is 3.59. The van der Waals surface area contributed by atoms with Crippen LogP contribution >= 0.6 is 15.9 Å². The van der Waals surface area contributed by atoms with Gasteiger partial charge in [-0.05, 0) is 36.6 Å². The van der Waals surface area contributed by atoms with Crippen LogP contribution in [0.25, 0.3) is 0 Å². The van der Waals surface area contributed by atoms with Crippen molar-refractivity contribution in [3.63, 3.8) is 0 Å². The molecule has 0 radical (unpaired) electrons. The highest BCUT2D eigenvalue weighted by molar-refractivity contribution is 9.10. The Balaban J connectivity index is 1.62. The predicted molar refractivity (Wildman–Crippen MR) is 73.9 cm³/mol. The second-order valence-electron chi connectivity index (χ2n) is 5.15. The summed E-state index contributed by atoms with van der Waals surface area (Å²) in [5.41, 5.74) is 1.29. The van der Waals surface area contributed by atoms with Gasteiger partial charge in [-0.15, -0.1) is 0 Å². The Hall–Kier alpha value is -0.580. The van der Waals surface area contributed by atoms with Crippen LogP contribution in [0.15, 0.2) is 22.7 Å². The lowest BCUT2D eigenvalue weighted by Gasteiger charge is -2.24. The monoisotopic (exact) mass is 311 g/mol. The van der Waals surface area contributed by atoms with Crippen LogP contribution in [0.4, 0.5) is 0 Å². The second-order valence-corrected chi connectivity index (χ2v) is 6.06. The SMILES string of the molecule is OCCN(CC1Cc2cc(Br)ccc2O1)C1CC1. The summed E-state index contributed by atoms with van der Waals surface area (Å²) in [4.78, 5) is 2.37.